The van der Waals surface area contributed by atoms with Crippen LogP contribution in [0.25, 0.3) is 10.4 Å². The molecule has 0 bridgehead atoms. The summed E-state index contributed by atoms with van der Waals surface area (Å²) in [6, 6.07) is 12.4. The van der Waals surface area contributed by atoms with E-state index in [1.807, 2.05) is 11.4 Å². The van der Waals surface area contributed by atoms with Crippen molar-refractivity contribution in [3.63, 3.8) is 0 Å². The number of H-pyrrole nitrogens is 2. The molecular formula is C17H17N3O3S. The van der Waals surface area contributed by atoms with Crippen molar-refractivity contribution < 1.29 is 9.90 Å². The van der Waals surface area contributed by atoms with Crippen molar-refractivity contribution in [1.82, 2.24) is 15.3 Å². The second-order valence-corrected chi connectivity index (χ2v) is 6.30. The first-order valence-corrected chi connectivity index (χ1v) is 8.39. The summed E-state index contributed by atoms with van der Waals surface area (Å²) in [6.07, 6.45) is 0.647. The highest BCUT2D eigenvalue weighted by molar-refractivity contribution is 7.13. The van der Waals surface area contributed by atoms with E-state index in [0.29, 0.717) is 13.0 Å². The van der Waals surface area contributed by atoms with E-state index in [1.165, 1.54) is 10.4 Å². The molecule has 0 saturated carbocycles. The Balaban J connectivity index is 1.48. The van der Waals surface area contributed by atoms with Crippen LogP contribution in [0, 0.1) is 0 Å². The number of carbonyl (C=O) groups excluding carboxylic acids is 1. The lowest BCUT2D eigenvalue weighted by atomic mass is 10.1. The van der Waals surface area contributed by atoms with E-state index in [1.54, 1.807) is 11.3 Å². The maximum atomic E-state index is 11.8. The van der Waals surface area contributed by atoms with E-state index in [2.05, 4.69) is 45.6 Å². The molecule has 4 N–H and O–H groups in total. The molecule has 124 valence electrons. The summed E-state index contributed by atoms with van der Waals surface area (Å²) >= 11 is 1.70. The smallest absolute Gasteiger partial charge is 0.325 e. The monoisotopic (exact) mass is 343 g/mol. The van der Waals surface area contributed by atoms with Gasteiger partial charge in [0.2, 0.25) is 11.8 Å². The van der Waals surface area contributed by atoms with E-state index in [9.17, 15) is 14.7 Å². The maximum absolute atomic E-state index is 11.8. The van der Waals surface area contributed by atoms with E-state index in [-0.39, 0.29) is 23.9 Å². The average molecular weight is 343 g/mol. The van der Waals surface area contributed by atoms with Gasteiger partial charge in [0.1, 0.15) is 0 Å². The molecule has 0 aliphatic heterocycles. The highest BCUT2D eigenvalue weighted by atomic mass is 32.1. The number of thiophene rings is 1. The molecule has 0 atom stereocenters. The van der Waals surface area contributed by atoms with Crippen LogP contribution >= 0.6 is 11.3 Å². The molecule has 0 unspecified atom stereocenters. The number of nitrogens with one attached hydrogen (secondary N) is 3. The van der Waals surface area contributed by atoms with Crippen LogP contribution in [-0.4, -0.2) is 27.5 Å². The van der Waals surface area contributed by atoms with Crippen molar-refractivity contribution in [3.05, 3.63) is 63.5 Å². The number of hydrogen-bond donors (Lipinski definition) is 4. The number of amides is 1. The van der Waals surface area contributed by atoms with Crippen LogP contribution in [0.1, 0.15) is 11.3 Å². The first-order chi connectivity index (χ1) is 11.6. The van der Waals surface area contributed by atoms with Gasteiger partial charge in [0.25, 0.3) is 0 Å². The molecule has 7 heteroatoms. The third-order valence-electron chi connectivity index (χ3n) is 3.62. The fourth-order valence-corrected chi connectivity index (χ4v) is 3.12. The number of aromatic nitrogens is 2. The Morgan fingerprint density at radius 2 is 1.96 bits per heavy atom. The molecule has 0 aliphatic carbocycles. The minimum Gasteiger partial charge on any atom is -0.493 e. The molecule has 2 heterocycles. The molecule has 3 rings (SSSR count). The van der Waals surface area contributed by atoms with Gasteiger partial charge in [-0.3, -0.25) is 9.78 Å². The number of imidazole rings is 1. The predicted molar refractivity (Wildman–Crippen MR) is 93.3 cm³/mol. The maximum Gasteiger partial charge on any atom is 0.325 e. The fourth-order valence-electron chi connectivity index (χ4n) is 2.39. The van der Waals surface area contributed by atoms with Crippen LogP contribution in [0.5, 0.6) is 5.88 Å². The summed E-state index contributed by atoms with van der Waals surface area (Å²) < 4.78 is 0. The van der Waals surface area contributed by atoms with Crippen LogP contribution in [-0.2, 0) is 17.6 Å². The quantitative estimate of drug-likeness (QED) is 0.551. The van der Waals surface area contributed by atoms with E-state index in [0.717, 1.165) is 5.56 Å². The summed E-state index contributed by atoms with van der Waals surface area (Å²) in [5, 5.41) is 14.2. The van der Waals surface area contributed by atoms with Gasteiger partial charge in [0.05, 0.1) is 12.1 Å². The lowest BCUT2D eigenvalue weighted by molar-refractivity contribution is -0.120. The largest absolute Gasteiger partial charge is 0.493 e. The minimum atomic E-state index is -0.527. The van der Waals surface area contributed by atoms with Gasteiger partial charge in [-0.1, -0.05) is 30.3 Å². The Kier molecular flexibility index (Phi) is 4.81. The number of carbonyl (C=O) groups is 1. The van der Waals surface area contributed by atoms with Crippen molar-refractivity contribution >= 4 is 17.2 Å². The van der Waals surface area contributed by atoms with Gasteiger partial charge < -0.3 is 15.4 Å². The fraction of sp³-hybridized carbons (Fsp3) is 0.176. The first-order valence-electron chi connectivity index (χ1n) is 7.51. The molecule has 1 amide bonds. The van der Waals surface area contributed by atoms with Crippen molar-refractivity contribution in [2.24, 2.45) is 0 Å². The number of aromatic amines is 2. The number of aromatic hydroxyl groups is 1. The lowest BCUT2D eigenvalue weighted by Crippen LogP contribution is -2.27. The van der Waals surface area contributed by atoms with Gasteiger partial charge in [-0.25, -0.2) is 4.79 Å². The summed E-state index contributed by atoms with van der Waals surface area (Å²) in [5.41, 5.74) is 1.98. The Morgan fingerprint density at radius 3 is 2.58 bits per heavy atom. The minimum absolute atomic E-state index is 0.0676. The topological polar surface area (TPSA) is 98.0 Å². The van der Waals surface area contributed by atoms with Gasteiger partial charge in [0, 0.05) is 11.4 Å². The normalized spacial score (nSPS) is 10.7. The Bertz CT molecular complexity index is 863. The third-order valence-corrected chi connectivity index (χ3v) is 4.53. The molecule has 1 aromatic carbocycles. The predicted octanol–water partition coefficient (Wildman–Crippen LogP) is 2.04. The zero-order valence-electron chi connectivity index (χ0n) is 12.8. The second kappa shape index (κ2) is 7.18. The van der Waals surface area contributed by atoms with Crippen molar-refractivity contribution in [3.8, 4) is 16.3 Å². The van der Waals surface area contributed by atoms with Crippen LogP contribution in [0.2, 0.25) is 0 Å². The first kappa shape index (κ1) is 16.1. The van der Waals surface area contributed by atoms with Crippen molar-refractivity contribution in [2.45, 2.75) is 12.8 Å². The molecule has 0 saturated heterocycles. The number of rotatable bonds is 6. The SMILES string of the molecule is O=C(Cc1[nH]c(=O)[nH]c1O)NCCc1ccc(-c2cccs2)cc1. The molecule has 3 aromatic rings. The molecular weight excluding hydrogens is 326 g/mol. The third kappa shape index (κ3) is 3.94. The molecule has 0 fully saturated rings. The standard InChI is InChI=1S/C17H17N3O3S/c21-15(10-13-16(22)20-17(23)19-13)18-8-7-11-3-5-12(6-4-11)14-2-1-9-24-14/h1-6,9,22H,7-8,10H2,(H,18,21)(H2,19,20,23). The van der Waals surface area contributed by atoms with E-state index < -0.39 is 5.69 Å². The summed E-state index contributed by atoms with van der Waals surface area (Å²) in [7, 11) is 0. The van der Waals surface area contributed by atoms with Gasteiger partial charge in [-0.15, -0.1) is 11.3 Å². The molecule has 0 aliphatic rings. The van der Waals surface area contributed by atoms with Crippen molar-refractivity contribution in [1.29, 1.82) is 0 Å². The van der Waals surface area contributed by atoms with Crippen LogP contribution in [0.4, 0.5) is 0 Å². The molecule has 0 radical (unpaired) electrons. The highest BCUT2D eigenvalue weighted by Crippen LogP contribution is 2.24. The van der Waals surface area contributed by atoms with Crippen molar-refractivity contribution in [2.75, 3.05) is 6.54 Å². The summed E-state index contributed by atoms with van der Waals surface area (Å²) in [6.45, 7) is 0.493. The summed E-state index contributed by atoms with van der Waals surface area (Å²) in [5.74, 6) is -0.546. The molecule has 2 aromatic heterocycles. The van der Waals surface area contributed by atoms with Crippen LogP contribution in [0.15, 0.2) is 46.6 Å². The zero-order valence-corrected chi connectivity index (χ0v) is 13.7. The van der Waals surface area contributed by atoms with Gasteiger partial charge in [-0.05, 0) is 29.0 Å². The molecule has 24 heavy (non-hydrogen) atoms. The molecule has 6 nitrogen and oxygen atoms in total. The number of hydrogen-bond acceptors (Lipinski definition) is 4. The summed E-state index contributed by atoms with van der Waals surface area (Å²) in [4.78, 5) is 28.6. The Labute approximate surface area is 142 Å². The van der Waals surface area contributed by atoms with Crippen LogP contribution in [0.3, 0.4) is 0 Å². The molecule has 0 spiro atoms. The van der Waals surface area contributed by atoms with E-state index in [4.69, 9.17) is 0 Å². The highest BCUT2D eigenvalue weighted by Gasteiger charge is 2.10. The van der Waals surface area contributed by atoms with Gasteiger partial charge >= 0.3 is 5.69 Å². The van der Waals surface area contributed by atoms with E-state index >= 15 is 0 Å². The zero-order chi connectivity index (χ0) is 16.9. The number of benzene rings is 1. The average Bonchev–Trinajstić information content (AvgIpc) is 3.18. The van der Waals surface area contributed by atoms with Crippen LogP contribution < -0.4 is 11.0 Å². The lowest BCUT2D eigenvalue weighted by Gasteiger charge is -2.06. The second-order valence-electron chi connectivity index (χ2n) is 5.36. The van der Waals surface area contributed by atoms with Gasteiger partial charge in [0.15, 0.2) is 0 Å². The Hall–Kier alpha value is -2.80. The Morgan fingerprint density at radius 1 is 1.17 bits per heavy atom. The van der Waals surface area contributed by atoms with Gasteiger partial charge in [-0.2, -0.15) is 0 Å².